The van der Waals surface area contributed by atoms with Gasteiger partial charge in [0.2, 0.25) is 0 Å². The molecule has 0 saturated carbocycles. The molecular formula is C13H17N3S. The molecule has 4 heteroatoms. The van der Waals surface area contributed by atoms with E-state index in [0.717, 1.165) is 36.7 Å². The van der Waals surface area contributed by atoms with Crippen molar-refractivity contribution in [3.8, 4) is 0 Å². The zero-order valence-electron chi connectivity index (χ0n) is 10.2. The first-order valence-electron chi connectivity index (χ1n) is 5.88. The van der Waals surface area contributed by atoms with Crippen molar-refractivity contribution in [1.29, 1.82) is 0 Å². The minimum absolute atomic E-state index is 0.820. The van der Waals surface area contributed by atoms with Crippen LogP contribution < -0.4 is 5.32 Å². The highest BCUT2D eigenvalue weighted by atomic mass is 32.1. The van der Waals surface area contributed by atoms with Crippen LogP contribution in [0.15, 0.2) is 23.6 Å². The quantitative estimate of drug-likeness (QED) is 0.881. The Hall–Kier alpha value is -1.42. The summed E-state index contributed by atoms with van der Waals surface area (Å²) in [7, 11) is 0. The second-order valence-electron chi connectivity index (χ2n) is 3.99. The number of rotatable bonds is 5. The summed E-state index contributed by atoms with van der Waals surface area (Å²) in [5.74, 6) is 1.83. The molecule has 0 bridgehead atoms. The summed E-state index contributed by atoms with van der Waals surface area (Å²) < 4.78 is 0. The lowest BCUT2D eigenvalue weighted by Gasteiger charge is -2.07. The van der Waals surface area contributed by atoms with Gasteiger partial charge in [-0.15, -0.1) is 11.3 Å². The van der Waals surface area contributed by atoms with Crippen molar-refractivity contribution in [2.45, 2.75) is 26.7 Å². The SMILES string of the molecule is CCCNc1cc(C)nc(Cc2cccs2)n1. The molecule has 2 rings (SSSR count). The molecule has 0 amide bonds. The van der Waals surface area contributed by atoms with Gasteiger partial charge >= 0.3 is 0 Å². The van der Waals surface area contributed by atoms with Crippen LogP contribution in [0.25, 0.3) is 0 Å². The lowest BCUT2D eigenvalue weighted by Crippen LogP contribution is -2.06. The third-order valence-corrected chi connectivity index (χ3v) is 3.25. The molecule has 1 N–H and O–H groups in total. The fraction of sp³-hybridized carbons (Fsp3) is 0.385. The monoisotopic (exact) mass is 247 g/mol. The predicted molar refractivity (Wildman–Crippen MR) is 72.7 cm³/mol. The van der Waals surface area contributed by atoms with Crippen LogP contribution in [-0.2, 0) is 6.42 Å². The fourth-order valence-corrected chi connectivity index (χ4v) is 2.32. The number of hydrogen-bond acceptors (Lipinski definition) is 4. The molecule has 0 spiro atoms. The van der Waals surface area contributed by atoms with Crippen LogP contribution in [0.3, 0.4) is 0 Å². The highest BCUT2D eigenvalue weighted by Crippen LogP contribution is 2.14. The summed E-state index contributed by atoms with van der Waals surface area (Å²) >= 11 is 1.75. The molecular weight excluding hydrogens is 230 g/mol. The van der Waals surface area contributed by atoms with E-state index in [4.69, 9.17) is 0 Å². The summed E-state index contributed by atoms with van der Waals surface area (Å²) in [6.07, 6.45) is 1.92. The van der Waals surface area contributed by atoms with Crippen molar-refractivity contribution in [2.75, 3.05) is 11.9 Å². The number of aromatic nitrogens is 2. The van der Waals surface area contributed by atoms with E-state index in [1.807, 2.05) is 13.0 Å². The summed E-state index contributed by atoms with van der Waals surface area (Å²) in [5, 5.41) is 5.39. The minimum Gasteiger partial charge on any atom is -0.370 e. The fourth-order valence-electron chi connectivity index (χ4n) is 1.62. The molecule has 0 unspecified atom stereocenters. The van der Waals surface area contributed by atoms with Crippen molar-refractivity contribution >= 4 is 17.2 Å². The normalized spacial score (nSPS) is 10.5. The molecule has 2 aromatic rings. The minimum atomic E-state index is 0.820. The zero-order chi connectivity index (χ0) is 12.1. The molecule has 90 valence electrons. The first-order valence-corrected chi connectivity index (χ1v) is 6.76. The topological polar surface area (TPSA) is 37.8 Å². The maximum absolute atomic E-state index is 4.53. The van der Waals surface area contributed by atoms with E-state index >= 15 is 0 Å². The van der Waals surface area contributed by atoms with Crippen LogP contribution in [-0.4, -0.2) is 16.5 Å². The third-order valence-electron chi connectivity index (χ3n) is 2.37. The van der Waals surface area contributed by atoms with Gasteiger partial charge < -0.3 is 5.32 Å². The Labute approximate surface area is 106 Å². The van der Waals surface area contributed by atoms with E-state index in [1.54, 1.807) is 11.3 Å². The van der Waals surface area contributed by atoms with E-state index in [0.29, 0.717) is 0 Å². The molecule has 0 aliphatic rings. The van der Waals surface area contributed by atoms with Gasteiger partial charge in [-0.3, -0.25) is 0 Å². The standard InChI is InChI=1S/C13H17N3S/c1-3-6-14-12-8-10(2)15-13(16-12)9-11-5-4-7-17-11/h4-5,7-8H,3,6,9H2,1-2H3,(H,14,15,16). The molecule has 0 atom stereocenters. The van der Waals surface area contributed by atoms with E-state index < -0.39 is 0 Å². The van der Waals surface area contributed by atoms with Crippen molar-refractivity contribution in [1.82, 2.24) is 9.97 Å². The van der Waals surface area contributed by atoms with E-state index in [9.17, 15) is 0 Å². The number of hydrogen-bond donors (Lipinski definition) is 1. The highest BCUT2D eigenvalue weighted by molar-refractivity contribution is 7.09. The average Bonchev–Trinajstić information content (AvgIpc) is 2.78. The number of nitrogens with zero attached hydrogens (tertiary/aromatic N) is 2. The molecule has 17 heavy (non-hydrogen) atoms. The smallest absolute Gasteiger partial charge is 0.136 e. The molecule has 0 aliphatic heterocycles. The Morgan fingerprint density at radius 3 is 2.94 bits per heavy atom. The van der Waals surface area contributed by atoms with Crippen molar-refractivity contribution in [2.24, 2.45) is 0 Å². The first-order chi connectivity index (χ1) is 8.28. The maximum atomic E-state index is 4.53. The first kappa shape index (κ1) is 12.0. The van der Waals surface area contributed by atoms with Gasteiger partial charge in [0.25, 0.3) is 0 Å². The molecule has 3 nitrogen and oxygen atoms in total. The molecule has 2 heterocycles. The van der Waals surface area contributed by atoms with Crippen molar-refractivity contribution in [3.05, 3.63) is 40.0 Å². The number of anilines is 1. The van der Waals surface area contributed by atoms with Gasteiger partial charge in [0.05, 0.1) is 0 Å². The lowest BCUT2D eigenvalue weighted by atomic mass is 10.3. The summed E-state index contributed by atoms with van der Waals surface area (Å²) in [6.45, 7) is 5.11. The molecule has 0 radical (unpaired) electrons. The Morgan fingerprint density at radius 2 is 2.24 bits per heavy atom. The van der Waals surface area contributed by atoms with Gasteiger partial charge in [-0.25, -0.2) is 9.97 Å². The van der Waals surface area contributed by atoms with Gasteiger partial charge in [-0.05, 0) is 24.8 Å². The van der Waals surface area contributed by atoms with Crippen LogP contribution in [0.4, 0.5) is 5.82 Å². The van der Waals surface area contributed by atoms with E-state index in [-0.39, 0.29) is 0 Å². The van der Waals surface area contributed by atoms with Crippen LogP contribution in [0.2, 0.25) is 0 Å². The van der Waals surface area contributed by atoms with Gasteiger partial charge in [0.15, 0.2) is 0 Å². The van der Waals surface area contributed by atoms with Gasteiger partial charge in [0, 0.05) is 29.6 Å². The lowest BCUT2D eigenvalue weighted by molar-refractivity contribution is 0.922. The second kappa shape index (κ2) is 5.77. The molecule has 0 aliphatic carbocycles. The Kier molecular flexibility index (Phi) is 4.09. The van der Waals surface area contributed by atoms with Crippen LogP contribution in [0.5, 0.6) is 0 Å². The van der Waals surface area contributed by atoms with Crippen molar-refractivity contribution in [3.63, 3.8) is 0 Å². The van der Waals surface area contributed by atoms with E-state index in [2.05, 4.69) is 39.7 Å². The second-order valence-corrected chi connectivity index (χ2v) is 5.03. The molecule has 2 aromatic heterocycles. The van der Waals surface area contributed by atoms with Crippen LogP contribution in [0, 0.1) is 6.92 Å². The van der Waals surface area contributed by atoms with Gasteiger partial charge in [0.1, 0.15) is 11.6 Å². The number of thiophene rings is 1. The van der Waals surface area contributed by atoms with Crippen LogP contribution in [0.1, 0.15) is 29.7 Å². The molecule has 0 fully saturated rings. The summed E-state index contributed by atoms with van der Waals surface area (Å²) in [4.78, 5) is 10.3. The van der Waals surface area contributed by atoms with Gasteiger partial charge in [-0.2, -0.15) is 0 Å². The zero-order valence-corrected chi connectivity index (χ0v) is 11.0. The predicted octanol–water partition coefficient (Wildman–Crippen LogP) is 3.26. The van der Waals surface area contributed by atoms with Crippen LogP contribution >= 0.6 is 11.3 Å². The number of nitrogens with one attached hydrogen (secondary N) is 1. The Balaban J connectivity index is 2.13. The average molecular weight is 247 g/mol. The molecule has 0 aromatic carbocycles. The summed E-state index contributed by atoms with van der Waals surface area (Å²) in [5.41, 5.74) is 1.02. The van der Waals surface area contributed by atoms with E-state index in [1.165, 1.54) is 4.88 Å². The third kappa shape index (κ3) is 3.53. The molecule has 0 saturated heterocycles. The Morgan fingerprint density at radius 1 is 1.35 bits per heavy atom. The summed E-state index contributed by atoms with van der Waals surface area (Å²) in [6, 6.07) is 6.18. The number of aryl methyl sites for hydroxylation is 1. The Bertz CT molecular complexity index is 466. The van der Waals surface area contributed by atoms with Crippen molar-refractivity contribution < 1.29 is 0 Å². The highest BCUT2D eigenvalue weighted by Gasteiger charge is 2.03. The van der Waals surface area contributed by atoms with Gasteiger partial charge in [-0.1, -0.05) is 13.0 Å². The maximum Gasteiger partial charge on any atom is 0.136 e. The largest absolute Gasteiger partial charge is 0.370 e.